The molecule has 28 heavy (non-hydrogen) atoms. The molecule has 0 atom stereocenters. The third-order valence-corrected chi connectivity index (χ3v) is 5.37. The van der Waals surface area contributed by atoms with Crippen molar-refractivity contribution in [2.24, 2.45) is 0 Å². The van der Waals surface area contributed by atoms with Crippen LogP contribution in [-0.4, -0.2) is 63.5 Å². The number of nitrogens with zero attached hydrogens (tertiary/aromatic N) is 4. The maximum absolute atomic E-state index is 12.4. The Morgan fingerprint density at radius 3 is 2.75 bits per heavy atom. The fourth-order valence-electron chi connectivity index (χ4n) is 2.98. The van der Waals surface area contributed by atoms with Crippen molar-refractivity contribution in [2.75, 3.05) is 37.4 Å². The van der Waals surface area contributed by atoms with Gasteiger partial charge in [-0.05, 0) is 31.5 Å². The summed E-state index contributed by atoms with van der Waals surface area (Å²) in [7, 11) is 0. The summed E-state index contributed by atoms with van der Waals surface area (Å²) in [6.07, 6.45) is 0.132. The molecule has 2 heterocycles. The van der Waals surface area contributed by atoms with Crippen LogP contribution in [0.2, 0.25) is 0 Å². The number of ether oxygens (including phenoxy) is 1. The molecule has 0 bridgehead atoms. The third kappa shape index (κ3) is 5.32. The second-order valence-electron chi connectivity index (χ2n) is 6.52. The first kappa shape index (κ1) is 20.3. The Bertz CT molecular complexity index is 833. The van der Waals surface area contributed by atoms with Crippen LogP contribution in [0, 0.1) is 6.92 Å². The highest BCUT2D eigenvalue weighted by Crippen LogP contribution is 2.19. The number of aromatic nitrogens is 3. The zero-order valence-electron chi connectivity index (χ0n) is 16.2. The number of carbonyl (C=O) groups excluding carboxylic acids is 2. The molecule has 1 aromatic heterocycles. The molecule has 1 aliphatic heterocycles. The second kappa shape index (κ2) is 9.70. The van der Waals surface area contributed by atoms with Crippen molar-refractivity contribution >= 4 is 29.3 Å². The minimum Gasteiger partial charge on any atom is -0.378 e. The fourth-order valence-corrected chi connectivity index (χ4v) is 3.90. The molecule has 2 aromatic rings. The van der Waals surface area contributed by atoms with E-state index in [-0.39, 0.29) is 18.2 Å². The predicted molar refractivity (Wildman–Crippen MR) is 107 cm³/mol. The molecular weight excluding hydrogens is 378 g/mol. The highest BCUT2D eigenvalue weighted by molar-refractivity contribution is 7.99. The summed E-state index contributed by atoms with van der Waals surface area (Å²) in [4.78, 5) is 26.5. The summed E-state index contributed by atoms with van der Waals surface area (Å²) in [5, 5.41) is 11.9. The van der Waals surface area contributed by atoms with Gasteiger partial charge in [-0.1, -0.05) is 23.9 Å². The number of hydrogen-bond acceptors (Lipinski definition) is 6. The molecule has 1 saturated heterocycles. The minimum absolute atomic E-state index is 0.0673. The molecule has 8 nitrogen and oxygen atoms in total. The SMILES string of the molecule is CCn1c(CC(=O)Nc2cccc(C)c2)nnc1SCC(=O)N1CCOCC1. The van der Waals surface area contributed by atoms with Gasteiger partial charge in [0.25, 0.3) is 0 Å². The van der Waals surface area contributed by atoms with Gasteiger partial charge in [-0.25, -0.2) is 0 Å². The van der Waals surface area contributed by atoms with Gasteiger partial charge in [-0.15, -0.1) is 10.2 Å². The molecule has 2 amide bonds. The normalized spacial score (nSPS) is 14.1. The van der Waals surface area contributed by atoms with E-state index in [4.69, 9.17) is 4.74 Å². The number of thioether (sulfide) groups is 1. The summed E-state index contributed by atoms with van der Waals surface area (Å²) in [6.45, 7) is 7.01. The number of nitrogens with one attached hydrogen (secondary N) is 1. The summed E-state index contributed by atoms with van der Waals surface area (Å²) < 4.78 is 7.16. The van der Waals surface area contributed by atoms with E-state index in [0.29, 0.717) is 49.6 Å². The zero-order valence-corrected chi connectivity index (χ0v) is 17.0. The van der Waals surface area contributed by atoms with Crippen molar-refractivity contribution in [3.05, 3.63) is 35.7 Å². The third-order valence-electron chi connectivity index (χ3n) is 4.42. The zero-order chi connectivity index (χ0) is 19.9. The Morgan fingerprint density at radius 1 is 1.25 bits per heavy atom. The van der Waals surface area contributed by atoms with Gasteiger partial charge in [0.05, 0.1) is 25.4 Å². The van der Waals surface area contributed by atoms with Crippen LogP contribution in [0.15, 0.2) is 29.4 Å². The number of carbonyl (C=O) groups is 2. The van der Waals surface area contributed by atoms with Gasteiger partial charge < -0.3 is 19.5 Å². The Balaban J connectivity index is 1.58. The van der Waals surface area contributed by atoms with Crippen LogP contribution in [-0.2, 0) is 27.3 Å². The van der Waals surface area contributed by atoms with Crippen LogP contribution in [0.5, 0.6) is 0 Å². The molecule has 1 aliphatic rings. The van der Waals surface area contributed by atoms with Gasteiger partial charge >= 0.3 is 0 Å². The van der Waals surface area contributed by atoms with Crippen molar-refractivity contribution in [1.29, 1.82) is 0 Å². The highest BCUT2D eigenvalue weighted by Gasteiger charge is 2.20. The minimum atomic E-state index is -0.145. The van der Waals surface area contributed by atoms with Crippen molar-refractivity contribution in [3.63, 3.8) is 0 Å². The van der Waals surface area contributed by atoms with Gasteiger partial charge in [-0.3, -0.25) is 9.59 Å². The predicted octanol–water partition coefficient (Wildman–Crippen LogP) is 1.74. The van der Waals surface area contributed by atoms with Gasteiger partial charge in [0.2, 0.25) is 11.8 Å². The quantitative estimate of drug-likeness (QED) is 0.709. The Labute approximate surface area is 168 Å². The lowest BCUT2D eigenvalue weighted by Gasteiger charge is -2.26. The topological polar surface area (TPSA) is 89.3 Å². The van der Waals surface area contributed by atoms with Crippen LogP contribution in [0.3, 0.4) is 0 Å². The van der Waals surface area contributed by atoms with E-state index in [1.54, 1.807) is 4.90 Å². The molecule has 0 radical (unpaired) electrons. The van der Waals surface area contributed by atoms with Crippen molar-refractivity contribution in [1.82, 2.24) is 19.7 Å². The lowest BCUT2D eigenvalue weighted by molar-refractivity contribution is -0.132. The maximum Gasteiger partial charge on any atom is 0.233 e. The van der Waals surface area contributed by atoms with E-state index in [2.05, 4.69) is 15.5 Å². The Morgan fingerprint density at radius 2 is 2.04 bits per heavy atom. The molecule has 3 rings (SSSR count). The number of hydrogen-bond donors (Lipinski definition) is 1. The van der Waals surface area contributed by atoms with Gasteiger partial charge in [0, 0.05) is 25.3 Å². The first-order valence-electron chi connectivity index (χ1n) is 9.33. The smallest absolute Gasteiger partial charge is 0.233 e. The van der Waals surface area contributed by atoms with E-state index in [1.165, 1.54) is 11.8 Å². The van der Waals surface area contributed by atoms with E-state index >= 15 is 0 Å². The second-order valence-corrected chi connectivity index (χ2v) is 7.46. The molecule has 0 unspecified atom stereocenters. The number of benzene rings is 1. The molecule has 9 heteroatoms. The standard InChI is InChI=1S/C19H25N5O3S/c1-3-24-16(12-17(25)20-15-6-4-5-14(2)11-15)21-22-19(24)28-13-18(26)23-7-9-27-10-8-23/h4-6,11H,3,7-10,12-13H2,1-2H3,(H,20,25). The first-order valence-corrected chi connectivity index (χ1v) is 10.3. The number of rotatable bonds is 7. The molecule has 1 fully saturated rings. The van der Waals surface area contributed by atoms with Gasteiger partial charge in [0.1, 0.15) is 5.82 Å². The number of anilines is 1. The molecule has 1 aromatic carbocycles. The lowest BCUT2D eigenvalue weighted by Crippen LogP contribution is -2.41. The summed E-state index contributed by atoms with van der Waals surface area (Å²) in [5.74, 6) is 0.813. The largest absolute Gasteiger partial charge is 0.378 e. The molecule has 0 spiro atoms. The average Bonchev–Trinajstić information content (AvgIpc) is 3.08. The maximum atomic E-state index is 12.4. The van der Waals surface area contributed by atoms with Crippen LogP contribution >= 0.6 is 11.8 Å². The Kier molecular flexibility index (Phi) is 7.05. The molecule has 0 saturated carbocycles. The molecule has 0 aliphatic carbocycles. The molecule has 150 valence electrons. The fraction of sp³-hybridized carbons (Fsp3) is 0.474. The van der Waals surface area contributed by atoms with Crippen LogP contribution in [0.1, 0.15) is 18.3 Å². The van der Waals surface area contributed by atoms with Gasteiger partial charge in [-0.2, -0.15) is 0 Å². The monoisotopic (exact) mass is 403 g/mol. The van der Waals surface area contributed by atoms with E-state index in [1.807, 2.05) is 42.7 Å². The number of morpholine rings is 1. The molecular formula is C19H25N5O3S. The number of amides is 2. The van der Waals surface area contributed by atoms with Crippen LogP contribution in [0.25, 0.3) is 0 Å². The van der Waals surface area contributed by atoms with Crippen LogP contribution in [0.4, 0.5) is 5.69 Å². The van der Waals surface area contributed by atoms with Crippen molar-refractivity contribution in [2.45, 2.75) is 32.0 Å². The van der Waals surface area contributed by atoms with E-state index < -0.39 is 0 Å². The Hall–Kier alpha value is -2.39. The van der Waals surface area contributed by atoms with Crippen molar-refractivity contribution < 1.29 is 14.3 Å². The number of aryl methyl sites for hydroxylation is 1. The summed E-state index contributed by atoms with van der Waals surface area (Å²) in [6, 6.07) is 7.65. The summed E-state index contributed by atoms with van der Waals surface area (Å²) >= 11 is 1.35. The highest BCUT2D eigenvalue weighted by atomic mass is 32.2. The van der Waals surface area contributed by atoms with Crippen molar-refractivity contribution in [3.8, 4) is 0 Å². The first-order chi connectivity index (χ1) is 13.6. The average molecular weight is 404 g/mol. The van der Waals surface area contributed by atoms with Gasteiger partial charge in [0.15, 0.2) is 5.16 Å². The van der Waals surface area contributed by atoms with Crippen LogP contribution < -0.4 is 5.32 Å². The lowest BCUT2D eigenvalue weighted by atomic mass is 10.2. The molecule has 1 N–H and O–H groups in total. The van der Waals surface area contributed by atoms with E-state index in [0.717, 1.165) is 11.3 Å². The van der Waals surface area contributed by atoms with E-state index in [9.17, 15) is 9.59 Å². The summed E-state index contributed by atoms with van der Waals surface area (Å²) in [5.41, 5.74) is 1.84.